The van der Waals surface area contributed by atoms with E-state index >= 15 is 0 Å². The number of aromatic hydroxyl groups is 2. The summed E-state index contributed by atoms with van der Waals surface area (Å²) in [5, 5.41) is 38.3. The molecular formula is C17H16O7. The molecule has 0 spiro atoms. The molecule has 0 aromatic heterocycles. The van der Waals surface area contributed by atoms with E-state index in [0.29, 0.717) is 0 Å². The molecule has 2 aromatic carbocycles. The summed E-state index contributed by atoms with van der Waals surface area (Å²) in [6.07, 6.45) is 0. The zero-order chi connectivity index (χ0) is 17.9. The number of hydrogen-bond donors (Lipinski definition) is 4. The lowest BCUT2D eigenvalue weighted by atomic mass is 9.81. The average Bonchev–Trinajstić information content (AvgIpc) is 2.52. The maximum Gasteiger partial charge on any atom is 0.312 e. The third kappa shape index (κ3) is 3.40. The maximum atomic E-state index is 11.8. The van der Waals surface area contributed by atoms with E-state index in [0.717, 1.165) is 0 Å². The molecule has 0 saturated heterocycles. The number of phenols is 2. The molecule has 24 heavy (non-hydrogen) atoms. The highest BCUT2D eigenvalue weighted by molar-refractivity contribution is 5.88. The van der Waals surface area contributed by atoms with E-state index in [4.69, 9.17) is 4.74 Å². The van der Waals surface area contributed by atoms with Crippen molar-refractivity contribution in [2.75, 3.05) is 7.11 Å². The minimum Gasteiger partial charge on any atom is -0.508 e. The second-order valence-corrected chi connectivity index (χ2v) is 5.16. The summed E-state index contributed by atoms with van der Waals surface area (Å²) in [7, 11) is 1.30. The first kappa shape index (κ1) is 17.1. The molecule has 2 aromatic rings. The van der Waals surface area contributed by atoms with Gasteiger partial charge in [0.15, 0.2) is 11.5 Å². The van der Waals surface area contributed by atoms with Gasteiger partial charge < -0.3 is 25.2 Å². The van der Waals surface area contributed by atoms with Gasteiger partial charge in [-0.2, -0.15) is 0 Å². The van der Waals surface area contributed by atoms with Gasteiger partial charge in [0, 0.05) is 0 Å². The van der Waals surface area contributed by atoms with Crippen molar-refractivity contribution < 1.29 is 34.8 Å². The first-order valence-electron chi connectivity index (χ1n) is 6.96. The summed E-state index contributed by atoms with van der Waals surface area (Å²) in [5.41, 5.74) is 0.315. The van der Waals surface area contributed by atoms with E-state index in [-0.39, 0.29) is 28.4 Å². The van der Waals surface area contributed by atoms with Crippen LogP contribution in [0.4, 0.5) is 0 Å². The van der Waals surface area contributed by atoms with Crippen LogP contribution in [0.25, 0.3) is 0 Å². The molecule has 126 valence electrons. The third-order valence-electron chi connectivity index (χ3n) is 3.66. The van der Waals surface area contributed by atoms with Crippen LogP contribution in [0.5, 0.6) is 17.2 Å². The molecule has 7 heteroatoms. The van der Waals surface area contributed by atoms with Crippen LogP contribution in [-0.4, -0.2) is 39.5 Å². The smallest absolute Gasteiger partial charge is 0.312 e. The number of phenolic OH excluding ortho intramolecular Hbond substituents is 2. The highest BCUT2D eigenvalue weighted by atomic mass is 16.5. The van der Waals surface area contributed by atoms with E-state index in [1.807, 2.05) is 0 Å². The monoisotopic (exact) mass is 332 g/mol. The van der Waals surface area contributed by atoms with Gasteiger partial charge in [0.1, 0.15) is 5.75 Å². The molecule has 0 radical (unpaired) electrons. The summed E-state index contributed by atoms with van der Waals surface area (Å²) >= 11 is 0. The van der Waals surface area contributed by atoms with Gasteiger partial charge in [0.2, 0.25) is 0 Å². The number of carbonyl (C=O) groups is 2. The minimum atomic E-state index is -1.43. The van der Waals surface area contributed by atoms with Crippen LogP contribution in [0.2, 0.25) is 0 Å². The summed E-state index contributed by atoms with van der Waals surface area (Å²) in [6, 6.07) is 9.31. The fraction of sp³-hybridized carbons (Fsp3) is 0.176. The number of hydrogen-bond acceptors (Lipinski definition) is 5. The summed E-state index contributed by atoms with van der Waals surface area (Å²) in [5.74, 6) is -5.86. The molecule has 0 aliphatic rings. The first-order valence-corrected chi connectivity index (χ1v) is 6.96. The highest BCUT2D eigenvalue weighted by Gasteiger charge is 2.37. The van der Waals surface area contributed by atoms with E-state index in [9.17, 15) is 30.0 Å². The van der Waals surface area contributed by atoms with Gasteiger partial charge in [-0.05, 0) is 35.4 Å². The van der Waals surface area contributed by atoms with Crippen molar-refractivity contribution in [1.82, 2.24) is 0 Å². The Labute approximate surface area is 137 Å². The number of ether oxygens (including phenoxy) is 1. The number of benzene rings is 2. The van der Waals surface area contributed by atoms with Gasteiger partial charge in [-0.3, -0.25) is 9.59 Å². The first-order chi connectivity index (χ1) is 11.3. The van der Waals surface area contributed by atoms with Crippen LogP contribution in [0.1, 0.15) is 23.0 Å². The minimum absolute atomic E-state index is 0.0406. The molecule has 0 heterocycles. The van der Waals surface area contributed by atoms with Crippen molar-refractivity contribution >= 4 is 11.9 Å². The van der Waals surface area contributed by atoms with Gasteiger partial charge in [0.05, 0.1) is 18.9 Å². The Balaban J connectivity index is 2.58. The SMILES string of the molecule is COc1cc(C(C(=O)O)C(C(=O)O)c2cccc(O)c2)ccc1O. The Morgan fingerprint density at radius 2 is 1.50 bits per heavy atom. The van der Waals surface area contributed by atoms with Crippen LogP contribution in [0.3, 0.4) is 0 Å². The molecule has 0 aliphatic heterocycles. The van der Waals surface area contributed by atoms with E-state index in [2.05, 4.69) is 0 Å². The highest BCUT2D eigenvalue weighted by Crippen LogP contribution is 2.38. The molecule has 2 unspecified atom stereocenters. The zero-order valence-electron chi connectivity index (χ0n) is 12.7. The molecule has 2 atom stereocenters. The van der Waals surface area contributed by atoms with Crippen molar-refractivity contribution in [3.8, 4) is 17.2 Å². The Morgan fingerprint density at radius 3 is 2.00 bits per heavy atom. The van der Waals surface area contributed by atoms with Crippen LogP contribution < -0.4 is 4.74 Å². The summed E-state index contributed by atoms with van der Waals surface area (Å²) < 4.78 is 4.95. The van der Waals surface area contributed by atoms with Crippen molar-refractivity contribution in [1.29, 1.82) is 0 Å². The third-order valence-corrected chi connectivity index (χ3v) is 3.66. The number of aliphatic carboxylic acids is 2. The quantitative estimate of drug-likeness (QED) is 0.639. The fourth-order valence-electron chi connectivity index (χ4n) is 2.56. The standard InChI is InChI=1S/C17H16O7/c1-24-13-8-10(5-6-12(13)19)15(17(22)23)14(16(20)21)9-3-2-4-11(18)7-9/h2-8,14-15,18-19H,1H3,(H,20,21)(H,22,23). The summed E-state index contributed by atoms with van der Waals surface area (Å²) in [6.45, 7) is 0. The zero-order valence-corrected chi connectivity index (χ0v) is 12.7. The molecular weight excluding hydrogens is 316 g/mol. The van der Waals surface area contributed by atoms with Crippen LogP contribution in [0, 0.1) is 0 Å². The van der Waals surface area contributed by atoms with Gasteiger partial charge in [-0.15, -0.1) is 0 Å². The second kappa shape index (κ2) is 6.91. The Hall–Kier alpha value is -3.22. The lowest BCUT2D eigenvalue weighted by molar-refractivity contribution is -0.147. The van der Waals surface area contributed by atoms with Crippen molar-refractivity contribution in [3.05, 3.63) is 53.6 Å². The average molecular weight is 332 g/mol. The molecule has 0 amide bonds. The lowest BCUT2D eigenvalue weighted by Crippen LogP contribution is -2.26. The Kier molecular flexibility index (Phi) is 4.93. The van der Waals surface area contributed by atoms with Crippen molar-refractivity contribution in [2.45, 2.75) is 11.8 Å². The molecule has 0 saturated carbocycles. The molecule has 4 N–H and O–H groups in total. The van der Waals surface area contributed by atoms with Crippen LogP contribution in [-0.2, 0) is 9.59 Å². The predicted octanol–water partition coefficient (Wildman–Crippen LogP) is 2.14. The Bertz CT molecular complexity index is 769. The molecule has 0 fully saturated rings. The second-order valence-electron chi connectivity index (χ2n) is 5.16. The van der Waals surface area contributed by atoms with Gasteiger partial charge in [0.25, 0.3) is 0 Å². The number of carboxylic acids is 2. The topological polar surface area (TPSA) is 124 Å². The normalized spacial score (nSPS) is 13.0. The molecule has 2 rings (SSSR count). The Morgan fingerprint density at radius 1 is 0.917 bits per heavy atom. The largest absolute Gasteiger partial charge is 0.508 e. The molecule has 0 bridgehead atoms. The lowest BCUT2D eigenvalue weighted by Gasteiger charge is -2.22. The number of carboxylic acid groups (broad SMARTS) is 2. The molecule has 7 nitrogen and oxygen atoms in total. The van der Waals surface area contributed by atoms with Crippen molar-refractivity contribution in [2.24, 2.45) is 0 Å². The van der Waals surface area contributed by atoms with Gasteiger partial charge in [-0.1, -0.05) is 18.2 Å². The summed E-state index contributed by atoms with van der Waals surface area (Å²) in [4.78, 5) is 23.5. The van der Waals surface area contributed by atoms with E-state index in [1.165, 1.54) is 49.6 Å². The predicted molar refractivity (Wildman–Crippen MR) is 83.5 cm³/mol. The van der Waals surface area contributed by atoms with E-state index in [1.54, 1.807) is 0 Å². The fourth-order valence-corrected chi connectivity index (χ4v) is 2.56. The van der Waals surface area contributed by atoms with Crippen LogP contribution in [0.15, 0.2) is 42.5 Å². The van der Waals surface area contributed by atoms with Gasteiger partial charge >= 0.3 is 11.9 Å². The van der Waals surface area contributed by atoms with Crippen LogP contribution >= 0.6 is 0 Å². The van der Waals surface area contributed by atoms with Crippen molar-refractivity contribution in [3.63, 3.8) is 0 Å². The van der Waals surface area contributed by atoms with E-state index < -0.39 is 23.8 Å². The number of methoxy groups -OCH3 is 1. The molecule has 0 aliphatic carbocycles. The maximum absolute atomic E-state index is 11.8. The number of rotatable bonds is 6. The van der Waals surface area contributed by atoms with Gasteiger partial charge in [-0.25, -0.2) is 0 Å².